The van der Waals surface area contributed by atoms with E-state index >= 15 is 0 Å². The summed E-state index contributed by atoms with van der Waals surface area (Å²) in [5.74, 6) is -3.32. The number of carboxylic acid groups (broad SMARTS) is 3. The first-order valence-corrected chi connectivity index (χ1v) is 14.6. The Kier molecular flexibility index (Phi) is 11.2. The summed E-state index contributed by atoms with van der Waals surface area (Å²) >= 11 is 5.80. The summed E-state index contributed by atoms with van der Waals surface area (Å²) in [6.07, 6.45) is 3.02. The van der Waals surface area contributed by atoms with Gasteiger partial charge in [-0.3, -0.25) is 0 Å². The molecule has 226 valence electrons. The quantitative estimate of drug-likeness (QED) is 0.170. The Bertz CT molecular complexity index is 1810. The minimum atomic E-state index is -3.71. The van der Waals surface area contributed by atoms with Crippen molar-refractivity contribution in [1.29, 1.82) is 0 Å². The summed E-state index contributed by atoms with van der Waals surface area (Å²) in [6.45, 7) is 1.48. The van der Waals surface area contributed by atoms with Crippen molar-refractivity contribution in [1.82, 2.24) is 4.57 Å². The first-order valence-electron chi connectivity index (χ1n) is 12.7. The standard InChI is InChI=1S/C15H11ClO4.C11H10N2O4S.C6H6/c1-8-12(14(17)18)6-10(7-13(8)15(19)20)9-2-4-11(16)5-3-9;12-18(16,17)10-3-1-9(2-4-10)13-6-5-8(7-13)11(14)15;1-2-4-6-5-3-1/h2-7H,1H3,(H,17,18)(H,19,20);1-7H,(H,14,15)(H2,12,16,17);1-6H. The van der Waals surface area contributed by atoms with Gasteiger partial charge in [0, 0.05) is 23.1 Å². The van der Waals surface area contributed by atoms with Crippen LogP contribution < -0.4 is 5.14 Å². The summed E-state index contributed by atoms with van der Waals surface area (Å²) in [7, 11) is -3.71. The molecule has 44 heavy (non-hydrogen) atoms. The van der Waals surface area contributed by atoms with E-state index in [-0.39, 0.29) is 27.1 Å². The van der Waals surface area contributed by atoms with Crippen molar-refractivity contribution in [2.45, 2.75) is 11.8 Å². The number of sulfonamides is 1. The number of nitrogens with two attached hydrogens (primary N) is 1. The van der Waals surface area contributed by atoms with Crippen molar-refractivity contribution in [3.63, 3.8) is 0 Å². The van der Waals surface area contributed by atoms with Gasteiger partial charge in [-0.05, 0) is 78.2 Å². The minimum Gasteiger partial charge on any atom is -0.478 e. The molecule has 4 aromatic carbocycles. The highest BCUT2D eigenvalue weighted by Gasteiger charge is 2.17. The van der Waals surface area contributed by atoms with Crippen molar-refractivity contribution in [3.05, 3.63) is 143 Å². The Morgan fingerprint density at radius 1 is 0.705 bits per heavy atom. The smallest absolute Gasteiger partial charge is 0.337 e. The number of hydrogen-bond donors (Lipinski definition) is 4. The molecular formula is C32H27ClN2O8S. The summed E-state index contributed by atoms with van der Waals surface area (Å²) in [6, 6.07) is 29.0. The second kappa shape index (κ2) is 14.8. The number of aromatic nitrogens is 1. The molecule has 10 nitrogen and oxygen atoms in total. The van der Waals surface area contributed by atoms with E-state index in [1.807, 2.05) is 36.4 Å². The second-order valence-corrected chi connectivity index (χ2v) is 11.1. The van der Waals surface area contributed by atoms with E-state index in [1.54, 1.807) is 47.2 Å². The molecule has 1 heterocycles. The second-order valence-electron chi connectivity index (χ2n) is 9.12. The summed E-state index contributed by atoms with van der Waals surface area (Å²) < 4.78 is 23.7. The molecule has 0 aliphatic rings. The molecule has 1 aromatic heterocycles. The minimum absolute atomic E-state index is 0.0110. The molecular weight excluding hydrogens is 608 g/mol. The van der Waals surface area contributed by atoms with E-state index < -0.39 is 27.9 Å². The molecule has 5 aromatic rings. The number of carbonyl (C=O) groups is 3. The van der Waals surface area contributed by atoms with Crippen LogP contribution in [0.3, 0.4) is 0 Å². The molecule has 5 rings (SSSR count). The summed E-state index contributed by atoms with van der Waals surface area (Å²) in [5.41, 5.74) is 2.24. The normalized spacial score (nSPS) is 10.4. The molecule has 0 aliphatic heterocycles. The van der Waals surface area contributed by atoms with Gasteiger partial charge in [-0.25, -0.2) is 27.9 Å². The molecule has 12 heteroatoms. The first kappa shape index (κ1) is 33.3. The Hall–Kier alpha value is -5.23. The fourth-order valence-electron chi connectivity index (χ4n) is 3.84. The third-order valence-electron chi connectivity index (χ3n) is 6.12. The topological polar surface area (TPSA) is 177 Å². The molecule has 0 aliphatic carbocycles. The Labute approximate surface area is 258 Å². The average molecular weight is 635 g/mol. The fourth-order valence-corrected chi connectivity index (χ4v) is 4.49. The van der Waals surface area contributed by atoms with Crippen LogP contribution in [0.25, 0.3) is 16.8 Å². The Morgan fingerprint density at radius 3 is 1.57 bits per heavy atom. The highest BCUT2D eigenvalue weighted by Crippen LogP contribution is 2.27. The van der Waals surface area contributed by atoms with Crippen LogP contribution in [0.2, 0.25) is 5.02 Å². The van der Waals surface area contributed by atoms with Gasteiger partial charge in [-0.1, -0.05) is 60.1 Å². The van der Waals surface area contributed by atoms with E-state index in [4.69, 9.17) is 21.8 Å². The molecule has 0 unspecified atom stereocenters. The van der Waals surface area contributed by atoms with Gasteiger partial charge in [-0.2, -0.15) is 0 Å². The molecule has 0 fully saturated rings. The fraction of sp³-hybridized carbons (Fsp3) is 0.0312. The predicted molar refractivity (Wildman–Crippen MR) is 166 cm³/mol. The van der Waals surface area contributed by atoms with Gasteiger partial charge in [0.05, 0.1) is 21.6 Å². The number of benzene rings is 4. The number of rotatable bonds is 6. The molecule has 0 atom stereocenters. The number of hydrogen-bond acceptors (Lipinski definition) is 5. The maximum atomic E-state index is 11.2. The average Bonchev–Trinajstić information content (AvgIpc) is 3.50. The number of aromatic carboxylic acids is 3. The van der Waals surface area contributed by atoms with Crippen molar-refractivity contribution in [3.8, 4) is 16.8 Å². The van der Waals surface area contributed by atoms with Crippen LogP contribution in [-0.2, 0) is 10.0 Å². The lowest BCUT2D eigenvalue weighted by Crippen LogP contribution is -2.11. The molecule has 0 radical (unpaired) electrons. The van der Waals surface area contributed by atoms with Gasteiger partial charge in [0.1, 0.15) is 0 Å². The summed E-state index contributed by atoms with van der Waals surface area (Å²) in [5, 5.41) is 32.7. The zero-order valence-electron chi connectivity index (χ0n) is 23.2. The number of halogens is 1. The Balaban J connectivity index is 0.000000203. The molecule has 0 saturated carbocycles. The third-order valence-corrected chi connectivity index (χ3v) is 7.30. The van der Waals surface area contributed by atoms with Gasteiger partial charge in [0.2, 0.25) is 10.0 Å². The SMILES string of the molecule is Cc1c(C(=O)O)cc(-c2ccc(Cl)cc2)cc1C(=O)O.NS(=O)(=O)c1ccc(-n2ccc(C(=O)O)c2)cc1.c1ccccc1. The zero-order valence-corrected chi connectivity index (χ0v) is 24.7. The van der Waals surface area contributed by atoms with Crippen LogP contribution in [0.4, 0.5) is 0 Å². The van der Waals surface area contributed by atoms with Crippen molar-refractivity contribution < 1.29 is 38.1 Å². The largest absolute Gasteiger partial charge is 0.478 e. The van der Waals surface area contributed by atoms with Crippen molar-refractivity contribution >= 4 is 39.5 Å². The van der Waals surface area contributed by atoms with Crippen LogP contribution in [0.1, 0.15) is 36.6 Å². The zero-order chi connectivity index (χ0) is 32.4. The monoisotopic (exact) mass is 634 g/mol. The highest BCUT2D eigenvalue weighted by molar-refractivity contribution is 7.89. The first-order chi connectivity index (χ1) is 20.8. The lowest BCUT2D eigenvalue weighted by Gasteiger charge is -2.10. The maximum Gasteiger partial charge on any atom is 0.337 e. The number of nitrogens with zero attached hydrogens (tertiary/aromatic N) is 1. The molecule has 5 N–H and O–H groups in total. The van der Waals surface area contributed by atoms with Crippen LogP contribution in [0, 0.1) is 6.92 Å². The lowest BCUT2D eigenvalue weighted by atomic mass is 9.95. The van der Waals surface area contributed by atoms with Crippen LogP contribution in [0.15, 0.2) is 120 Å². The third kappa shape index (κ3) is 9.13. The number of primary sulfonamides is 1. The molecule has 0 amide bonds. The van der Waals surface area contributed by atoms with Crippen LogP contribution in [0.5, 0.6) is 0 Å². The van der Waals surface area contributed by atoms with E-state index in [2.05, 4.69) is 0 Å². The Morgan fingerprint density at radius 2 is 1.18 bits per heavy atom. The highest BCUT2D eigenvalue weighted by atomic mass is 35.5. The van der Waals surface area contributed by atoms with E-state index in [0.717, 1.165) is 0 Å². The van der Waals surface area contributed by atoms with E-state index in [1.165, 1.54) is 43.5 Å². The van der Waals surface area contributed by atoms with Gasteiger partial charge in [-0.15, -0.1) is 0 Å². The van der Waals surface area contributed by atoms with Gasteiger partial charge in [0.25, 0.3) is 0 Å². The van der Waals surface area contributed by atoms with Crippen LogP contribution >= 0.6 is 11.6 Å². The summed E-state index contributed by atoms with van der Waals surface area (Å²) in [4.78, 5) is 33.2. The van der Waals surface area contributed by atoms with Crippen molar-refractivity contribution in [2.75, 3.05) is 0 Å². The van der Waals surface area contributed by atoms with Gasteiger partial charge < -0.3 is 19.9 Å². The molecule has 0 bridgehead atoms. The van der Waals surface area contributed by atoms with Gasteiger partial charge in [0.15, 0.2) is 0 Å². The molecule has 0 saturated heterocycles. The van der Waals surface area contributed by atoms with E-state index in [9.17, 15) is 33.0 Å². The van der Waals surface area contributed by atoms with Crippen molar-refractivity contribution in [2.24, 2.45) is 5.14 Å². The van der Waals surface area contributed by atoms with Gasteiger partial charge >= 0.3 is 17.9 Å². The lowest BCUT2D eigenvalue weighted by molar-refractivity contribution is 0.0681. The molecule has 0 spiro atoms. The predicted octanol–water partition coefficient (Wildman–Crippen LogP) is 6.22. The maximum absolute atomic E-state index is 11.2. The van der Waals surface area contributed by atoms with Crippen LogP contribution in [-0.4, -0.2) is 46.2 Å². The number of carboxylic acids is 3. The van der Waals surface area contributed by atoms with E-state index in [0.29, 0.717) is 21.8 Å².